The fourth-order valence-electron chi connectivity index (χ4n) is 4.52. The summed E-state index contributed by atoms with van der Waals surface area (Å²) in [6.45, 7) is 0. The number of hydrogen-bond acceptors (Lipinski definition) is 3. The molecule has 4 aromatic carbocycles. The van der Waals surface area contributed by atoms with Crippen molar-refractivity contribution < 1.29 is 58.2 Å². The molecule has 44 heavy (non-hydrogen) atoms. The third kappa shape index (κ3) is 7.99. The van der Waals surface area contributed by atoms with E-state index in [2.05, 4.69) is 14.8 Å². The molecule has 0 unspecified atom stereocenters. The van der Waals surface area contributed by atoms with E-state index in [0.29, 0.717) is 17.7 Å². The number of amides is 1. The number of rotatable bonds is 8. The molecule has 0 saturated carbocycles. The Labute approximate surface area is 242 Å². The first-order chi connectivity index (χ1) is 20.5. The van der Waals surface area contributed by atoms with Gasteiger partial charge in [-0.1, -0.05) is 54.6 Å². The lowest BCUT2D eigenvalue weighted by atomic mass is 9.77. The molecule has 0 spiro atoms. The van der Waals surface area contributed by atoms with Crippen molar-refractivity contribution in [2.24, 2.45) is 0 Å². The number of benzene rings is 4. The highest BCUT2D eigenvalue weighted by atomic mass is 19.4. The topological polar surface area (TPSA) is 47.6 Å². The van der Waals surface area contributed by atoms with Crippen LogP contribution in [0.25, 0.3) is 0 Å². The van der Waals surface area contributed by atoms with Gasteiger partial charge in [-0.15, -0.1) is 26.3 Å². The molecule has 232 valence electrons. The molecule has 0 atom stereocenters. The molecule has 0 aliphatic heterocycles. The highest BCUT2D eigenvalue weighted by Crippen LogP contribution is 2.39. The van der Waals surface area contributed by atoms with Crippen molar-refractivity contribution in [1.29, 1.82) is 0 Å². The summed E-state index contributed by atoms with van der Waals surface area (Å²) in [5, 5.41) is 2.41. The molecule has 1 amide bonds. The van der Waals surface area contributed by atoms with Crippen molar-refractivity contribution in [3.63, 3.8) is 0 Å². The molecule has 4 aromatic rings. The Kier molecular flexibility index (Phi) is 8.84. The number of ether oxygens (including phenoxy) is 2. The summed E-state index contributed by atoms with van der Waals surface area (Å²) in [4.78, 5) is 13.6. The summed E-state index contributed by atoms with van der Waals surface area (Å²) in [6, 6.07) is 17.0. The summed E-state index contributed by atoms with van der Waals surface area (Å²) in [5.74, 6) is -4.38. The fourth-order valence-corrected chi connectivity index (χ4v) is 4.52. The van der Waals surface area contributed by atoms with Gasteiger partial charge in [0.25, 0.3) is 5.91 Å². The number of carbonyl (C=O) groups excluding carboxylic acids is 1. The maximum absolute atomic E-state index is 14.8. The van der Waals surface area contributed by atoms with E-state index in [9.17, 15) is 48.7 Å². The van der Waals surface area contributed by atoms with Crippen LogP contribution in [0, 0.1) is 5.82 Å². The lowest BCUT2D eigenvalue weighted by molar-refractivity contribution is -0.275. The predicted molar refractivity (Wildman–Crippen MR) is 136 cm³/mol. The standard InChI is InChI=1S/C30H19F10NO3/c31-25-13-12-21(28(32,33)34)16-24(25)26(42)41-27(17-18-6-2-1-3-7-18,19-8-4-10-22(14-19)43-29(35,36)37)20-9-5-11-23(15-20)44-30(38,39)40/h1-16H,17H2,(H,41,42). The second kappa shape index (κ2) is 12.1. The van der Waals surface area contributed by atoms with Crippen LogP contribution in [0.2, 0.25) is 0 Å². The smallest absolute Gasteiger partial charge is 0.406 e. The maximum atomic E-state index is 14.8. The van der Waals surface area contributed by atoms with Gasteiger partial charge in [0.1, 0.15) is 17.3 Å². The van der Waals surface area contributed by atoms with Crippen LogP contribution in [0.4, 0.5) is 43.9 Å². The van der Waals surface area contributed by atoms with Gasteiger partial charge in [0.05, 0.1) is 16.7 Å². The second-order valence-electron chi connectivity index (χ2n) is 9.37. The molecule has 0 heterocycles. The first kappa shape index (κ1) is 32.2. The van der Waals surface area contributed by atoms with Gasteiger partial charge in [-0.05, 0) is 59.2 Å². The third-order valence-electron chi connectivity index (χ3n) is 6.30. The Balaban J connectivity index is 1.98. The monoisotopic (exact) mass is 631 g/mol. The first-order valence-electron chi connectivity index (χ1n) is 12.4. The summed E-state index contributed by atoms with van der Waals surface area (Å²) in [7, 11) is 0. The van der Waals surface area contributed by atoms with Gasteiger partial charge >= 0.3 is 18.9 Å². The van der Waals surface area contributed by atoms with E-state index in [1.54, 1.807) is 18.2 Å². The Hall–Kier alpha value is -4.75. The minimum absolute atomic E-state index is 0.201. The maximum Gasteiger partial charge on any atom is 0.573 e. The third-order valence-corrected chi connectivity index (χ3v) is 6.30. The lowest BCUT2D eigenvalue weighted by Gasteiger charge is -2.37. The molecule has 0 radical (unpaired) electrons. The van der Waals surface area contributed by atoms with Gasteiger partial charge in [-0.25, -0.2) is 4.39 Å². The van der Waals surface area contributed by atoms with E-state index >= 15 is 0 Å². The average molecular weight is 631 g/mol. The summed E-state index contributed by atoms with van der Waals surface area (Å²) in [5.41, 5.74) is -4.61. The molecule has 4 rings (SSSR count). The molecular weight excluding hydrogens is 612 g/mol. The van der Waals surface area contributed by atoms with E-state index in [1.807, 2.05) is 0 Å². The largest absolute Gasteiger partial charge is 0.573 e. The van der Waals surface area contributed by atoms with Crippen LogP contribution in [0.15, 0.2) is 97.1 Å². The van der Waals surface area contributed by atoms with Crippen LogP contribution in [0.3, 0.4) is 0 Å². The average Bonchev–Trinajstić information content (AvgIpc) is 2.91. The van der Waals surface area contributed by atoms with Gasteiger partial charge in [0.15, 0.2) is 0 Å². The van der Waals surface area contributed by atoms with Crippen molar-refractivity contribution >= 4 is 5.91 Å². The van der Waals surface area contributed by atoms with E-state index in [1.165, 1.54) is 24.3 Å². The van der Waals surface area contributed by atoms with E-state index in [0.717, 1.165) is 36.4 Å². The minimum atomic E-state index is -5.16. The normalized spacial score (nSPS) is 12.5. The van der Waals surface area contributed by atoms with Crippen molar-refractivity contribution in [2.75, 3.05) is 0 Å². The highest BCUT2D eigenvalue weighted by Gasteiger charge is 2.40. The summed E-state index contributed by atoms with van der Waals surface area (Å²) < 4.78 is 142. The van der Waals surface area contributed by atoms with Crippen molar-refractivity contribution in [3.8, 4) is 11.5 Å². The summed E-state index contributed by atoms with van der Waals surface area (Å²) >= 11 is 0. The summed E-state index contributed by atoms with van der Waals surface area (Å²) in [6.07, 6.45) is -15.7. The zero-order chi connectivity index (χ0) is 32.3. The predicted octanol–water partition coefficient (Wildman–Crippen LogP) is 8.56. The van der Waals surface area contributed by atoms with Crippen LogP contribution >= 0.6 is 0 Å². The van der Waals surface area contributed by atoms with E-state index in [-0.39, 0.29) is 23.6 Å². The molecule has 1 N–H and O–H groups in total. The first-order valence-corrected chi connectivity index (χ1v) is 12.4. The quantitative estimate of drug-likeness (QED) is 0.198. The SMILES string of the molecule is O=C(NC(Cc1ccccc1)(c1cccc(OC(F)(F)F)c1)c1cccc(OC(F)(F)F)c1)c1cc(C(F)(F)F)ccc1F. The molecule has 0 saturated heterocycles. The highest BCUT2D eigenvalue weighted by molar-refractivity contribution is 5.95. The molecule has 0 aliphatic carbocycles. The second-order valence-corrected chi connectivity index (χ2v) is 9.37. The number of hydrogen-bond donors (Lipinski definition) is 1. The molecular formula is C30H19F10NO3. The zero-order valence-corrected chi connectivity index (χ0v) is 21.9. The van der Waals surface area contributed by atoms with E-state index < -0.39 is 58.8 Å². The van der Waals surface area contributed by atoms with Crippen molar-refractivity contribution in [2.45, 2.75) is 30.9 Å². The molecule has 0 fully saturated rings. The zero-order valence-electron chi connectivity index (χ0n) is 21.9. The Bertz CT molecular complexity index is 1560. The van der Waals surface area contributed by atoms with Gasteiger partial charge < -0.3 is 14.8 Å². The molecule has 0 aromatic heterocycles. The van der Waals surface area contributed by atoms with Gasteiger partial charge in [-0.2, -0.15) is 13.2 Å². The van der Waals surface area contributed by atoms with Crippen molar-refractivity contribution in [3.05, 3.63) is 131 Å². The lowest BCUT2D eigenvalue weighted by Crippen LogP contribution is -2.49. The van der Waals surface area contributed by atoms with Crippen LogP contribution in [-0.4, -0.2) is 18.6 Å². The van der Waals surface area contributed by atoms with Crippen LogP contribution < -0.4 is 14.8 Å². The Morgan fingerprint density at radius 1 is 0.614 bits per heavy atom. The number of alkyl halides is 9. The molecule has 4 nitrogen and oxygen atoms in total. The minimum Gasteiger partial charge on any atom is -0.406 e. The Morgan fingerprint density at radius 3 is 1.61 bits per heavy atom. The van der Waals surface area contributed by atoms with E-state index in [4.69, 9.17) is 0 Å². The van der Waals surface area contributed by atoms with Crippen molar-refractivity contribution in [1.82, 2.24) is 5.32 Å². The number of carbonyl (C=O) groups is 1. The molecule has 14 heteroatoms. The van der Waals surface area contributed by atoms with Gasteiger partial charge in [0.2, 0.25) is 0 Å². The Morgan fingerprint density at radius 2 is 1.14 bits per heavy atom. The number of halogens is 10. The van der Waals surface area contributed by atoms with Crippen LogP contribution in [-0.2, 0) is 18.1 Å². The van der Waals surface area contributed by atoms with Gasteiger partial charge in [-0.3, -0.25) is 4.79 Å². The number of nitrogens with one attached hydrogen (secondary N) is 1. The molecule has 0 bridgehead atoms. The van der Waals surface area contributed by atoms with Crippen LogP contribution in [0.1, 0.15) is 32.6 Å². The van der Waals surface area contributed by atoms with Gasteiger partial charge in [0, 0.05) is 6.42 Å². The molecule has 0 aliphatic rings. The van der Waals surface area contributed by atoms with Crippen LogP contribution in [0.5, 0.6) is 11.5 Å². The fraction of sp³-hybridized carbons (Fsp3) is 0.167.